The summed E-state index contributed by atoms with van der Waals surface area (Å²) in [5.74, 6) is 0.768. The molecular formula is C16H31NO3S. The van der Waals surface area contributed by atoms with Crippen molar-refractivity contribution in [2.75, 3.05) is 18.9 Å². The van der Waals surface area contributed by atoms with E-state index in [0.717, 1.165) is 32.1 Å². The lowest BCUT2D eigenvalue weighted by molar-refractivity contribution is 0.125. The van der Waals surface area contributed by atoms with Gasteiger partial charge in [0.2, 0.25) is 0 Å². The molecule has 2 fully saturated rings. The van der Waals surface area contributed by atoms with E-state index in [0.29, 0.717) is 19.1 Å². The average molecular weight is 317 g/mol. The normalized spacial score (nSPS) is 35.0. The zero-order chi connectivity index (χ0) is 15.7. The van der Waals surface area contributed by atoms with Gasteiger partial charge in [0, 0.05) is 6.61 Å². The van der Waals surface area contributed by atoms with Gasteiger partial charge in [-0.15, -0.1) is 0 Å². The Balaban J connectivity index is 2.11. The fraction of sp³-hybridized carbons (Fsp3) is 1.00. The van der Waals surface area contributed by atoms with E-state index in [1.165, 1.54) is 0 Å². The number of hydrogen-bond acceptors (Lipinski definition) is 4. The lowest BCUT2D eigenvalue weighted by Crippen LogP contribution is -2.44. The smallest absolute Gasteiger partial charge is 0.156 e. The first-order chi connectivity index (χ1) is 9.74. The summed E-state index contributed by atoms with van der Waals surface area (Å²) < 4.78 is 31.2. The monoisotopic (exact) mass is 317 g/mol. The van der Waals surface area contributed by atoms with Crippen LogP contribution in [0, 0.1) is 17.3 Å². The number of rotatable bonds is 4. The van der Waals surface area contributed by atoms with Crippen LogP contribution in [0.15, 0.2) is 0 Å². The number of sulfone groups is 1. The molecule has 4 atom stereocenters. The van der Waals surface area contributed by atoms with E-state index >= 15 is 0 Å². The molecular weight excluding hydrogens is 286 g/mol. The number of ether oxygens (including phenoxy) is 1. The quantitative estimate of drug-likeness (QED) is 0.864. The summed E-state index contributed by atoms with van der Waals surface area (Å²) in [5, 5.41) is -0.273. The van der Waals surface area contributed by atoms with Gasteiger partial charge >= 0.3 is 0 Å². The first-order valence-corrected chi connectivity index (χ1v) is 9.99. The topological polar surface area (TPSA) is 69.4 Å². The maximum absolute atomic E-state index is 12.8. The van der Waals surface area contributed by atoms with E-state index in [4.69, 9.17) is 10.5 Å². The molecule has 0 spiro atoms. The molecule has 0 aromatic heterocycles. The van der Waals surface area contributed by atoms with Crippen molar-refractivity contribution < 1.29 is 13.2 Å². The third-order valence-electron chi connectivity index (χ3n) is 5.36. The second-order valence-corrected chi connectivity index (χ2v) is 10.1. The Morgan fingerprint density at radius 2 is 1.90 bits per heavy atom. The standard InChI is InChI=1S/C16H31NO3S/c1-16(2,3)13-7-6-12(10-17)15(9-13)21(18,19)11-14-5-4-8-20-14/h12-15H,4-11,17H2,1-3H3. The van der Waals surface area contributed by atoms with Crippen LogP contribution in [0.1, 0.15) is 52.9 Å². The first-order valence-electron chi connectivity index (χ1n) is 8.27. The summed E-state index contributed by atoms with van der Waals surface area (Å²) >= 11 is 0. The van der Waals surface area contributed by atoms with Crippen LogP contribution >= 0.6 is 0 Å². The third kappa shape index (κ3) is 4.20. The largest absolute Gasteiger partial charge is 0.377 e. The maximum Gasteiger partial charge on any atom is 0.156 e. The van der Waals surface area contributed by atoms with Crippen molar-refractivity contribution in [3.63, 3.8) is 0 Å². The molecule has 4 nitrogen and oxygen atoms in total. The van der Waals surface area contributed by atoms with Crippen molar-refractivity contribution in [2.45, 2.75) is 64.2 Å². The summed E-state index contributed by atoms with van der Waals surface area (Å²) in [6.45, 7) is 7.82. The van der Waals surface area contributed by atoms with Crippen LogP contribution in [0.25, 0.3) is 0 Å². The van der Waals surface area contributed by atoms with Crippen molar-refractivity contribution in [3.8, 4) is 0 Å². The molecule has 0 amide bonds. The van der Waals surface area contributed by atoms with Crippen LogP contribution in [0.3, 0.4) is 0 Å². The van der Waals surface area contributed by atoms with Crippen LogP contribution in [-0.2, 0) is 14.6 Å². The van der Waals surface area contributed by atoms with Gasteiger partial charge in [0.05, 0.1) is 17.1 Å². The molecule has 1 aliphatic heterocycles. The fourth-order valence-electron chi connectivity index (χ4n) is 3.85. The van der Waals surface area contributed by atoms with Crippen molar-refractivity contribution in [2.24, 2.45) is 23.0 Å². The predicted octanol–water partition coefficient (Wildman–Crippen LogP) is 2.37. The number of hydrogen-bond donors (Lipinski definition) is 1. The van der Waals surface area contributed by atoms with Gasteiger partial charge in [0.25, 0.3) is 0 Å². The van der Waals surface area contributed by atoms with Crippen LogP contribution in [-0.4, -0.2) is 38.7 Å². The minimum Gasteiger partial charge on any atom is -0.377 e. The Hall–Kier alpha value is -0.130. The van der Waals surface area contributed by atoms with Gasteiger partial charge < -0.3 is 10.5 Å². The van der Waals surface area contributed by atoms with E-state index in [2.05, 4.69) is 20.8 Å². The third-order valence-corrected chi connectivity index (χ3v) is 7.70. The van der Waals surface area contributed by atoms with Crippen LogP contribution < -0.4 is 5.73 Å². The molecule has 1 heterocycles. The maximum atomic E-state index is 12.8. The van der Waals surface area contributed by atoms with Gasteiger partial charge in [-0.25, -0.2) is 8.42 Å². The summed E-state index contributed by atoms with van der Waals surface area (Å²) in [6.07, 6.45) is 4.56. The Kier molecular flexibility index (Phi) is 5.37. The van der Waals surface area contributed by atoms with Crippen LogP contribution in [0.4, 0.5) is 0 Å². The minimum atomic E-state index is -3.13. The van der Waals surface area contributed by atoms with Gasteiger partial charge in [-0.3, -0.25) is 0 Å². The molecule has 5 heteroatoms. The van der Waals surface area contributed by atoms with Crippen LogP contribution in [0.5, 0.6) is 0 Å². The fourth-order valence-corrected chi connectivity index (χ4v) is 6.23. The molecule has 0 aromatic carbocycles. The molecule has 1 aliphatic carbocycles. The predicted molar refractivity (Wildman–Crippen MR) is 85.9 cm³/mol. The molecule has 2 aliphatic rings. The van der Waals surface area contributed by atoms with E-state index in [9.17, 15) is 8.42 Å². The number of nitrogens with two attached hydrogens (primary N) is 1. The highest BCUT2D eigenvalue weighted by molar-refractivity contribution is 7.92. The van der Waals surface area contributed by atoms with Gasteiger partial charge in [0.1, 0.15) is 0 Å². The van der Waals surface area contributed by atoms with Gasteiger partial charge in [-0.2, -0.15) is 0 Å². The van der Waals surface area contributed by atoms with Gasteiger partial charge in [-0.05, 0) is 55.9 Å². The summed E-state index contributed by atoms with van der Waals surface area (Å²) in [7, 11) is -3.13. The Labute approximate surface area is 129 Å². The SMILES string of the molecule is CC(C)(C)C1CCC(CN)C(S(=O)(=O)CC2CCCO2)C1. The molecule has 1 saturated heterocycles. The van der Waals surface area contributed by atoms with Gasteiger partial charge in [0.15, 0.2) is 9.84 Å². The molecule has 0 radical (unpaired) electrons. The highest BCUT2D eigenvalue weighted by atomic mass is 32.2. The molecule has 1 saturated carbocycles. The van der Waals surface area contributed by atoms with Crippen molar-refractivity contribution in [3.05, 3.63) is 0 Å². The second kappa shape index (κ2) is 6.55. The lowest BCUT2D eigenvalue weighted by Gasteiger charge is -2.41. The molecule has 21 heavy (non-hydrogen) atoms. The highest BCUT2D eigenvalue weighted by Gasteiger charge is 2.42. The van der Waals surface area contributed by atoms with Crippen molar-refractivity contribution >= 4 is 9.84 Å². The Bertz CT molecular complexity index is 435. The van der Waals surface area contributed by atoms with E-state index in [1.807, 2.05) is 0 Å². The molecule has 0 bridgehead atoms. The highest BCUT2D eigenvalue weighted by Crippen LogP contribution is 2.42. The van der Waals surface area contributed by atoms with E-state index in [-0.39, 0.29) is 28.4 Å². The zero-order valence-electron chi connectivity index (χ0n) is 13.7. The average Bonchev–Trinajstić information content (AvgIpc) is 2.89. The summed E-state index contributed by atoms with van der Waals surface area (Å²) in [4.78, 5) is 0. The van der Waals surface area contributed by atoms with Crippen molar-refractivity contribution in [1.82, 2.24) is 0 Å². The molecule has 0 aromatic rings. The van der Waals surface area contributed by atoms with Crippen molar-refractivity contribution in [1.29, 1.82) is 0 Å². The second-order valence-electron chi connectivity index (χ2n) is 7.87. The summed E-state index contributed by atoms with van der Waals surface area (Å²) in [5.41, 5.74) is 6.02. The van der Waals surface area contributed by atoms with Gasteiger partial charge in [-0.1, -0.05) is 20.8 Å². The Morgan fingerprint density at radius 3 is 2.43 bits per heavy atom. The van der Waals surface area contributed by atoms with E-state index < -0.39 is 9.84 Å². The molecule has 2 N–H and O–H groups in total. The lowest BCUT2D eigenvalue weighted by atomic mass is 9.69. The van der Waals surface area contributed by atoms with E-state index in [1.54, 1.807) is 0 Å². The van der Waals surface area contributed by atoms with Crippen LogP contribution in [0.2, 0.25) is 0 Å². The molecule has 2 rings (SSSR count). The minimum absolute atomic E-state index is 0.0940. The summed E-state index contributed by atoms with van der Waals surface area (Å²) in [6, 6.07) is 0. The first kappa shape index (κ1) is 17.2. The molecule has 124 valence electrons. The zero-order valence-corrected chi connectivity index (χ0v) is 14.5. The Morgan fingerprint density at radius 1 is 1.19 bits per heavy atom. The molecule has 4 unspecified atom stereocenters.